The zero-order chi connectivity index (χ0) is 35.0. The molecule has 0 saturated heterocycles. The van der Waals surface area contributed by atoms with Gasteiger partial charge in [0.15, 0.2) is 11.6 Å². The third-order valence-electron chi connectivity index (χ3n) is 10.4. The van der Waals surface area contributed by atoms with E-state index in [4.69, 9.17) is 9.47 Å². The minimum absolute atomic E-state index is 0.00289. The fourth-order valence-corrected chi connectivity index (χ4v) is 7.37. The number of hydrogen-bond donors (Lipinski definition) is 0. The Bertz CT molecular complexity index is 1540. The van der Waals surface area contributed by atoms with Crippen LogP contribution in [0, 0.1) is 23.4 Å². The van der Waals surface area contributed by atoms with Gasteiger partial charge in [0.05, 0.1) is 13.2 Å². The Labute approximate surface area is 298 Å². The lowest BCUT2D eigenvalue weighted by molar-refractivity contribution is 0.285. The maximum Gasteiger partial charge on any atom is 0.201 e. The predicted molar refractivity (Wildman–Crippen MR) is 200 cm³/mol. The van der Waals surface area contributed by atoms with E-state index in [9.17, 15) is 8.78 Å². The molecule has 0 aromatic heterocycles. The molecule has 50 heavy (non-hydrogen) atoms. The van der Waals surface area contributed by atoms with Gasteiger partial charge in [-0.25, -0.2) is 8.78 Å². The van der Waals surface area contributed by atoms with Gasteiger partial charge in [0.25, 0.3) is 0 Å². The van der Waals surface area contributed by atoms with Gasteiger partial charge in [-0.3, -0.25) is 0 Å². The van der Waals surface area contributed by atoms with E-state index in [0.29, 0.717) is 24.7 Å². The summed E-state index contributed by atoms with van der Waals surface area (Å²) < 4.78 is 54.6. The molecular weight excluding hydrogens is 629 g/mol. The van der Waals surface area contributed by atoms with Crippen molar-refractivity contribution in [2.75, 3.05) is 13.2 Å². The fourth-order valence-electron chi connectivity index (χ4n) is 7.37. The van der Waals surface area contributed by atoms with Gasteiger partial charge in [-0.05, 0) is 109 Å². The molecule has 1 saturated carbocycles. The topological polar surface area (TPSA) is 18.5 Å². The summed E-state index contributed by atoms with van der Waals surface area (Å²) >= 11 is 0. The van der Waals surface area contributed by atoms with Crippen LogP contribution in [0.5, 0.6) is 11.5 Å². The van der Waals surface area contributed by atoms with Crippen molar-refractivity contribution in [2.45, 2.75) is 116 Å². The first-order valence-corrected chi connectivity index (χ1v) is 19.2. The molecule has 0 bridgehead atoms. The Balaban J connectivity index is 0.880. The van der Waals surface area contributed by atoms with E-state index in [0.717, 1.165) is 54.9 Å². The van der Waals surface area contributed by atoms with Crippen molar-refractivity contribution in [1.82, 2.24) is 0 Å². The van der Waals surface area contributed by atoms with Gasteiger partial charge in [0, 0.05) is 5.56 Å². The Hall–Kier alpha value is -3.73. The van der Waals surface area contributed by atoms with E-state index >= 15 is 4.39 Å². The first-order chi connectivity index (χ1) is 24.5. The van der Waals surface area contributed by atoms with E-state index in [1.807, 2.05) is 36.4 Å². The zero-order valence-corrected chi connectivity index (χ0v) is 29.9. The maximum absolute atomic E-state index is 15.1. The molecule has 1 aliphatic rings. The van der Waals surface area contributed by atoms with Crippen LogP contribution in [0.1, 0.15) is 121 Å². The molecule has 0 atom stereocenters. The van der Waals surface area contributed by atoms with Gasteiger partial charge in [-0.2, -0.15) is 4.39 Å². The zero-order valence-electron chi connectivity index (χ0n) is 29.9. The smallest absolute Gasteiger partial charge is 0.201 e. The monoisotopic (exact) mass is 684 g/mol. The molecule has 5 rings (SSSR count). The quantitative estimate of drug-likeness (QED) is 0.0863. The van der Waals surface area contributed by atoms with Crippen LogP contribution in [0.3, 0.4) is 0 Å². The van der Waals surface area contributed by atoms with E-state index in [2.05, 4.69) is 19.1 Å². The van der Waals surface area contributed by atoms with Gasteiger partial charge in [-0.1, -0.05) is 120 Å². The Kier molecular flexibility index (Phi) is 15.2. The number of unbranched alkanes of at least 4 members (excludes halogenated alkanes) is 9. The van der Waals surface area contributed by atoms with Crippen LogP contribution >= 0.6 is 0 Å². The molecule has 0 heterocycles. The predicted octanol–water partition coefficient (Wildman–Crippen LogP) is 13.9. The summed E-state index contributed by atoms with van der Waals surface area (Å²) in [6.45, 7) is 3.37. The summed E-state index contributed by atoms with van der Waals surface area (Å²) in [5, 5.41) is 0. The lowest BCUT2D eigenvalue weighted by atomic mass is 9.77. The van der Waals surface area contributed by atoms with E-state index in [1.54, 1.807) is 24.3 Å². The molecule has 4 aromatic rings. The number of halogens is 3. The van der Waals surface area contributed by atoms with Crippen molar-refractivity contribution >= 4 is 0 Å². The third kappa shape index (κ3) is 11.4. The SMILES string of the molecule is CCCC1CCC(c2ccc(-c3ccc(OCCCCCCCCCCCCOc4ccc(-c5ccc(F)cc5)cc4)c(F)c3F)cc2)CC1. The summed E-state index contributed by atoms with van der Waals surface area (Å²) in [6.07, 6.45) is 18.9. The average Bonchev–Trinajstić information content (AvgIpc) is 3.14. The van der Waals surface area contributed by atoms with E-state index < -0.39 is 11.6 Å². The van der Waals surface area contributed by atoms with Gasteiger partial charge in [-0.15, -0.1) is 0 Å². The molecule has 268 valence electrons. The van der Waals surface area contributed by atoms with Crippen molar-refractivity contribution < 1.29 is 22.6 Å². The second kappa shape index (κ2) is 20.2. The van der Waals surface area contributed by atoms with Crippen molar-refractivity contribution in [1.29, 1.82) is 0 Å². The van der Waals surface area contributed by atoms with E-state index in [-0.39, 0.29) is 17.1 Å². The molecule has 5 heteroatoms. The molecular formula is C45H55F3O2. The summed E-state index contributed by atoms with van der Waals surface area (Å²) in [5.74, 6) is 0.341. The highest BCUT2D eigenvalue weighted by Crippen LogP contribution is 2.38. The molecule has 0 aliphatic heterocycles. The van der Waals surface area contributed by atoms with Crippen LogP contribution in [-0.2, 0) is 0 Å². The number of hydrogen-bond acceptors (Lipinski definition) is 2. The van der Waals surface area contributed by atoms with Crippen molar-refractivity contribution in [3.63, 3.8) is 0 Å². The fraction of sp³-hybridized carbons (Fsp3) is 0.467. The molecule has 2 nitrogen and oxygen atoms in total. The lowest BCUT2D eigenvalue weighted by Crippen LogP contribution is -2.13. The van der Waals surface area contributed by atoms with Crippen LogP contribution in [0.4, 0.5) is 13.2 Å². The Morgan fingerprint density at radius 2 is 1.04 bits per heavy atom. The van der Waals surface area contributed by atoms with Crippen LogP contribution in [0.25, 0.3) is 22.3 Å². The average molecular weight is 685 g/mol. The number of ether oxygens (including phenoxy) is 2. The minimum atomic E-state index is -0.899. The van der Waals surface area contributed by atoms with Crippen LogP contribution in [0.2, 0.25) is 0 Å². The van der Waals surface area contributed by atoms with Crippen molar-refractivity contribution in [3.05, 3.63) is 108 Å². The highest BCUT2D eigenvalue weighted by Gasteiger charge is 2.22. The summed E-state index contributed by atoms with van der Waals surface area (Å²) in [7, 11) is 0. The molecule has 0 amide bonds. The van der Waals surface area contributed by atoms with Gasteiger partial charge < -0.3 is 9.47 Å². The lowest BCUT2D eigenvalue weighted by Gasteiger charge is -2.28. The Morgan fingerprint density at radius 3 is 1.62 bits per heavy atom. The normalized spacial score (nSPS) is 16.0. The molecule has 0 radical (unpaired) electrons. The van der Waals surface area contributed by atoms with Gasteiger partial charge in [0.1, 0.15) is 11.6 Å². The van der Waals surface area contributed by atoms with Gasteiger partial charge >= 0.3 is 0 Å². The third-order valence-corrected chi connectivity index (χ3v) is 10.4. The van der Waals surface area contributed by atoms with Crippen LogP contribution in [-0.4, -0.2) is 13.2 Å². The largest absolute Gasteiger partial charge is 0.494 e. The minimum Gasteiger partial charge on any atom is -0.494 e. The maximum atomic E-state index is 15.1. The summed E-state index contributed by atoms with van der Waals surface area (Å²) in [4.78, 5) is 0. The first kappa shape index (κ1) is 37.5. The summed E-state index contributed by atoms with van der Waals surface area (Å²) in [5.41, 5.74) is 4.34. The standard InChI is InChI=1S/C45H55F3O2/c1-2-13-34-14-16-35(17-15-34)36-18-20-39(21-19-36)42-30-31-43(45(48)44(42)47)50-33-12-10-8-6-4-3-5-7-9-11-32-49-41-28-24-38(25-29-41)37-22-26-40(46)27-23-37/h18-31,34-35H,2-17,32-33H2,1H3. The van der Waals surface area contributed by atoms with E-state index in [1.165, 1.54) is 88.3 Å². The Morgan fingerprint density at radius 1 is 0.520 bits per heavy atom. The number of benzene rings is 4. The highest BCUT2D eigenvalue weighted by molar-refractivity contribution is 5.66. The molecule has 0 spiro atoms. The number of rotatable bonds is 20. The molecule has 4 aromatic carbocycles. The van der Waals surface area contributed by atoms with Crippen LogP contribution < -0.4 is 9.47 Å². The molecule has 1 fully saturated rings. The van der Waals surface area contributed by atoms with Crippen molar-refractivity contribution in [3.8, 4) is 33.8 Å². The first-order valence-electron chi connectivity index (χ1n) is 19.2. The highest BCUT2D eigenvalue weighted by atomic mass is 19.2. The summed E-state index contributed by atoms with van der Waals surface area (Å²) in [6, 6.07) is 25.7. The molecule has 0 N–H and O–H groups in total. The second-order valence-electron chi connectivity index (χ2n) is 14.1. The molecule has 1 aliphatic carbocycles. The van der Waals surface area contributed by atoms with Crippen LogP contribution in [0.15, 0.2) is 84.9 Å². The second-order valence-corrected chi connectivity index (χ2v) is 14.1. The van der Waals surface area contributed by atoms with Crippen molar-refractivity contribution in [2.24, 2.45) is 5.92 Å². The van der Waals surface area contributed by atoms with Gasteiger partial charge in [0.2, 0.25) is 5.82 Å². The molecule has 0 unspecified atom stereocenters.